The van der Waals surface area contributed by atoms with Crippen LogP contribution in [0.5, 0.6) is 5.75 Å². The van der Waals surface area contributed by atoms with Gasteiger partial charge in [-0.05, 0) is 25.1 Å². The molecule has 0 aliphatic carbocycles. The fourth-order valence-corrected chi connectivity index (χ4v) is 2.10. The highest BCUT2D eigenvalue weighted by Gasteiger charge is 2.16. The van der Waals surface area contributed by atoms with Crippen LogP contribution in [0, 0.1) is 6.92 Å². The third-order valence-electron chi connectivity index (χ3n) is 2.94. The number of ether oxygens (including phenoxy) is 1. The van der Waals surface area contributed by atoms with Gasteiger partial charge in [0.2, 0.25) is 5.89 Å². The summed E-state index contributed by atoms with van der Waals surface area (Å²) in [6.45, 7) is 1.90. The largest absolute Gasteiger partial charge is 0.496 e. The number of nitrogen functional groups attached to an aromatic ring is 1. The predicted molar refractivity (Wildman–Crippen MR) is 78.0 cm³/mol. The maximum absolute atomic E-state index is 6.05. The van der Waals surface area contributed by atoms with E-state index in [9.17, 15) is 0 Å². The smallest absolute Gasteiger partial charge is 0.232 e. The molecule has 0 saturated heterocycles. The molecule has 102 valence electrons. The number of benzene rings is 1. The minimum atomic E-state index is 0.400. The predicted octanol–water partition coefficient (Wildman–Crippen LogP) is 3.44. The van der Waals surface area contributed by atoms with Crippen LogP contribution in [0.25, 0.3) is 22.7 Å². The van der Waals surface area contributed by atoms with Crippen molar-refractivity contribution >= 4 is 28.5 Å². The summed E-state index contributed by atoms with van der Waals surface area (Å²) in [7, 11) is 1.55. The van der Waals surface area contributed by atoms with Gasteiger partial charge in [-0.25, -0.2) is 4.98 Å². The van der Waals surface area contributed by atoms with Gasteiger partial charge in [0.25, 0.3) is 0 Å². The Balaban J connectivity index is 2.22. The van der Waals surface area contributed by atoms with Crippen molar-refractivity contribution in [1.29, 1.82) is 0 Å². The molecule has 1 aromatic carbocycles. The lowest BCUT2D eigenvalue weighted by molar-refractivity contribution is 0.415. The van der Waals surface area contributed by atoms with Gasteiger partial charge in [-0.2, -0.15) is 4.98 Å². The Morgan fingerprint density at radius 1 is 1.25 bits per heavy atom. The molecule has 0 aliphatic heterocycles. The molecule has 0 aliphatic rings. The van der Waals surface area contributed by atoms with E-state index >= 15 is 0 Å². The summed E-state index contributed by atoms with van der Waals surface area (Å²) in [4.78, 5) is 8.68. The summed E-state index contributed by atoms with van der Waals surface area (Å²) in [6, 6.07) is 7.02. The molecule has 0 radical (unpaired) electrons. The van der Waals surface area contributed by atoms with Crippen molar-refractivity contribution in [3.63, 3.8) is 0 Å². The average Bonchev–Trinajstić information content (AvgIpc) is 2.84. The van der Waals surface area contributed by atoms with Crippen molar-refractivity contribution in [2.24, 2.45) is 0 Å². The number of aromatic nitrogens is 2. The van der Waals surface area contributed by atoms with Gasteiger partial charge in [-0.3, -0.25) is 0 Å². The number of halogens is 1. The fraction of sp³-hybridized carbons (Fsp3) is 0.143. The van der Waals surface area contributed by atoms with E-state index in [1.807, 2.05) is 19.1 Å². The summed E-state index contributed by atoms with van der Waals surface area (Å²) in [5.74, 6) is 0.951. The Labute approximate surface area is 120 Å². The molecule has 6 heteroatoms. The molecule has 2 aromatic heterocycles. The van der Waals surface area contributed by atoms with E-state index in [0.29, 0.717) is 39.1 Å². The molecule has 2 N–H and O–H groups in total. The third kappa shape index (κ3) is 2.06. The van der Waals surface area contributed by atoms with Crippen molar-refractivity contribution in [2.45, 2.75) is 6.92 Å². The molecule has 3 rings (SSSR count). The van der Waals surface area contributed by atoms with E-state index in [0.717, 1.165) is 5.69 Å². The summed E-state index contributed by atoms with van der Waals surface area (Å²) < 4.78 is 11.0. The zero-order valence-corrected chi connectivity index (χ0v) is 11.7. The van der Waals surface area contributed by atoms with Crippen LogP contribution in [0.15, 0.2) is 28.7 Å². The topological polar surface area (TPSA) is 74.2 Å². The van der Waals surface area contributed by atoms with E-state index in [4.69, 9.17) is 26.5 Å². The normalized spacial score (nSPS) is 10.9. The van der Waals surface area contributed by atoms with Gasteiger partial charge in [0, 0.05) is 11.8 Å². The first-order valence-corrected chi connectivity index (χ1v) is 6.34. The number of aryl methyl sites for hydroxylation is 1. The number of nitrogens with zero attached hydrogens (tertiary/aromatic N) is 2. The number of oxazole rings is 1. The van der Waals surface area contributed by atoms with Gasteiger partial charge in [-0.1, -0.05) is 11.6 Å². The van der Waals surface area contributed by atoms with Crippen molar-refractivity contribution in [1.82, 2.24) is 9.97 Å². The second-order valence-electron chi connectivity index (χ2n) is 4.37. The lowest BCUT2D eigenvalue weighted by atomic mass is 10.2. The number of nitrogens with two attached hydrogens (primary N) is 1. The third-order valence-corrected chi connectivity index (χ3v) is 3.27. The van der Waals surface area contributed by atoms with E-state index in [2.05, 4.69) is 9.97 Å². The van der Waals surface area contributed by atoms with Crippen LogP contribution in [0.3, 0.4) is 0 Å². The zero-order valence-electron chi connectivity index (χ0n) is 11.0. The molecule has 2 heterocycles. The summed E-state index contributed by atoms with van der Waals surface area (Å²) >= 11 is 6.05. The standard InChI is InChI=1S/C14H12ClN3O2/c1-7-3-4-11-13(17-7)18-14(20-11)8-5-9(15)10(16)6-12(8)19-2/h3-6H,16H2,1-2H3. The van der Waals surface area contributed by atoms with Crippen molar-refractivity contribution in [3.8, 4) is 17.2 Å². The van der Waals surface area contributed by atoms with Crippen LogP contribution in [0.1, 0.15) is 5.69 Å². The molecule has 0 amide bonds. The van der Waals surface area contributed by atoms with Crippen LogP contribution in [0.2, 0.25) is 5.02 Å². The van der Waals surface area contributed by atoms with Gasteiger partial charge in [-0.15, -0.1) is 0 Å². The van der Waals surface area contributed by atoms with Crippen molar-refractivity contribution in [3.05, 3.63) is 35.0 Å². The van der Waals surface area contributed by atoms with Crippen LogP contribution in [-0.2, 0) is 0 Å². The van der Waals surface area contributed by atoms with Gasteiger partial charge in [0.05, 0.1) is 23.4 Å². The first-order chi connectivity index (χ1) is 9.58. The number of hydrogen-bond acceptors (Lipinski definition) is 5. The highest BCUT2D eigenvalue weighted by atomic mass is 35.5. The summed E-state index contributed by atoms with van der Waals surface area (Å²) in [6.07, 6.45) is 0. The number of hydrogen-bond donors (Lipinski definition) is 1. The second-order valence-corrected chi connectivity index (χ2v) is 4.77. The number of fused-ring (bicyclic) bond motifs is 1. The Bertz CT molecular complexity index is 798. The molecule has 0 fully saturated rings. The SMILES string of the molecule is COc1cc(N)c(Cl)cc1-c1nc2nc(C)ccc2o1. The zero-order chi connectivity index (χ0) is 14.3. The average molecular weight is 290 g/mol. The minimum absolute atomic E-state index is 0.400. The highest BCUT2D eigenvalue weighted by Crippen LogP contribution is 2.36. The van der Waals surface area contributed by atoms with Gasteiger partial charge < -0.3 is 14.9 Å². The first kappa shape index (κ1) is 12.7. The Morgan fingerprint density at radius 3 is 2.80 bits per heavy atom. The minimum Gasteiger partial charge on any atom is -0.496 e. The molecule has 0 bridgehead atoms. The molecule has 0 atom stereocenters. The van der Waals surface area contributed by atoms with Crippen molar-refractivity contribution in [2.75, 3.05) is 12.8 Å². The molecule has 0 unspecified atom stereocenters. The van der Waals surface area contributed by atoms with Gasteiger partial charge in [0.1, 0.15) is 5.75 Å². The van der Waals surface area contributed by atoms with Crippen molar-refractivity contribution < 1.29 is 9.15 Å². The van der Waals surface area contributed by atoms with Gasteiger partial charge >= 0.3 is 0 Å². The number of anilines is 1. The van der Waals surface area contributed by atoms with Gasteiger partial charge in [0.15, 0.2) is 11.2 Å². The maximum atomic E-state index is 6.05. The van der Waals surface area contributed by atoms with Crippen LogP contribution >= 0.6 is 11.6 Å². The molecule has 0 spiro atoms. The van der Waals surface area contributed by atoms with Crippen LogP contribution in [0.4, 0.5) is 5.69 Å². The number of pyridine rings is 1. The van der Waals surface area contributed by atoms with E-state index < -0.39 is 0 Å². The monoisotopic (exact) mass is 289 g/mol. The fourth-order valence-electron chi connectivity index (χ4n) is 1.93. The molecular formula is C14H12ClN3O2. The van der Waals surface area contributed by atoms with E-state index in [-0.39, 0.29) is 0 Å². The summed E-state index contributed by atoms with van der Waals surface area (Å²) in [5.41, 5.74) is 8.88. The Kier molecular flexibility index (Phi) is 2.99. The first-order valence-electron chi connectivity index (χ1n) is 5.96. The maximum Gasteiger partial charge on any atom is 0.232 e. The number of methoxy groups -OCH3 is 1. The highest BCUT2D eigenvalue weighted by molar-refractivity contribution is 6.33. The van der Waals surface area contributed by atoms with E-state index in [1.54, 1.807) is 19.2 Å². The number of rotatable bonds is 2. The Hall–Kier alpha value is -2.27. The lowest BCUT2D eigenvalue weighted by Gasteiger charge is -2.07. The molecular weight excluding hydrogens is 278 g/mol. The van der Waals surface area contributed by atoms with E-state index in [1.165, 1.54) is 0 Å². The molecule has 3 aromatic rings. The molecule has 5 nitrogen and oxygen atoms in total. The van der Waals surface area contributed by atoms with Crippen LogP contribution in [-0.4, -0.2) is 17.1 Å². The molecule has 0 saturated carbocycles. The Morgan fingerprint density at radius 2 is 2.05 bits per heavy atom. The quantitative estimate of drug-likeness (QED) is 0.731. The lowest BCUT2D eigenvalue weighted by Crippen LogP contribution is -1.93. The second kappa shape index (κ2) is 4.68. The van der Waals surface area contributed by atoms with Crippen LogP contribution < -0.4 is 10.5 Å². The summed E-state index contributed by atoms with van der Waals surface area (Å²) in [5, 5.41) is 0.423. The molecule has 20 heavy (non-hydrogen) atoms.